The van der Waals surface area contributed by atoms with E-state index in [-0.39, 0.29) is 11.7 Å². The first-order chi connectivity index (χ1) is 15.5. The molecule has 0 bridgehead atoms. The normalized spacial score (nSPS) is 11.1. The molecule has 0 aliphatic rings. The van der Waals surface area contributed by atoms with Gasteiger partial charge < -0.3 is 10.1 Å². The number of para-hydroxylation sites is 1. The Morgan fingerprint density at radius 3 is 2.69 bits per heavy atom. The largest absolute Gasteiger partial charge is 0.494 e. The Labute approximate surface area is 192 Å². The highest BCUT2D eigenvalue weighted by Crippen LogP contribution is 2.28. The summed E-state index contributed by atoms with van der Waals surface area (Å²) in [5, 5.41) is 8.47. The zero-order valence-corrected chi connectivity index (χ0v) is 19.2. The van der Waals surface area contributed by atoms with E-state index in [0.717, 1.165) is 38.8 Å². The first kappa shape index (κ1) is 21.9. The molecule has 7 heteroatoms. The SMILES string of the molecule is CCOc1ccc(-c2cc3c(SCC(=O)Nc4ccccc4C(C)C)nccn3n2)cc1. The molecule has 0 aliphatic heterocycles. The Bertz CT molecular complexity index is 1220. The van der Waals surface area contributed by atoms with E-state index in [1.807, 2.05) is 67.7 Å². The van der Waals surface area contributed by atoms with Crippen molar-refractivity contribution >= 4 is 28.9 Å². The van der Waals surface area contributed by atoms with Gasteiger partial charge in [0.15, 0.2) is 0 Å². The maximum absolute atomic E-state index is 12.6. The molecule has 6 nitrogen and oxygen atoms in total. The number of rotatable bonds is 8. The van der Waals surface area contributed by atoms with Crippen molar-refractivity contribution in [3.8, 4) is 17.0 Å². The summed E-state index contributed by atoms with van der Waals surface area (Å²) in [6.07, 6.45) is 3.52. The van der Waals surface area contributed by atoms with E-state index in [1.165, 1.54) is 11.8 Å². The molecule has 2 heterocycles. The molecule has 4 rings (SSSR count). The van der Waals surface area contributed by atoms with Crippen molar-refractivity contribution in [2.24, 2.45) is 0 Å². The third-order valence-corrected chi connectivity index (χ3v) is 6.01. The highest BCUT2D eigenvalue weighted by molar-refractivity contribution is 8.00. The van der Waals surface area contributed by atoms with E-state index in [4.69, 9.17) is 4.74 Å². The minimum absolute atomic E-state index is 0.0573. The van der Waals surface area contributed by atoms with Crippen LogP contribution in [0.3, 0.4) is 0 Å². The first-order valence-corrected chi connectivity index (χ1v) is 11.6. The van der Waals surface area contributed by atoms with Crippen LogP contribution in [0.2, 0.25) is 0 Å². The summed E-state index contributed by atoms with van der Waals surface area (Å²) in [6, 6.07) is 17.8. The molecule has 2 aromatic heterocycles. The Morgan fingerprint density at radius 2 is 1.94 bits per heavy atom. The van der Waals surface area contributed by atoms with Gasteiger partial charge in [-0.3, -0.25) is 4.79 Å². The van der Waals surface area contributed by atoms with Gasteiger partial charge in [-0.25, -0.2) is 9.50 Å². The van der Waals surface area contributed by atoms with Crippen molar-refractivity contribution in [1.29, 1.82) is 0 Å². The van der Waals surface area contributed by atoms with Crippen molar-refractivity contribution in [2.45, 2.75) is 31.7 Å². The number of carbonyl (C=O) groups is 1. The molecule has 0 saturated carbocycles. The van der Waals surface area contributed by atoms with E-state index < -0.39 is 0 Å². The predicted octanol–water partition coefficient (Wildman–Crippen LogP) is 5.65. The standard InChI is InChI=1S/C25H26N4O2S/c1-4-31-19-11-9-18(10-12-19)22-15-23-25(26-13-14-29(23)28-22)32-16-24(30)27-21-8-6-5-7-20(21)17(2)3/h5-15,17H,4,16H2,1-3H3,(H,27,30). The van der Waals surface area contributed by atoms with Crippen LogP contribution in [-0.2, 0) is 4.79 Å². The van der Waals surface area contributed by atoms with E-state index in [0.29, 0.717) is 12.5 Å². The number of nitrogens with one attached hydrogen (secondary N) is 1. The molecule has 4 aromatic rings. The molecular formula is C25H26N4O2S. The molecule has 0 spiro atoms. The van der Waals surface area contributed by atoms with Gasteiger partial charge in [-0.05, 0) is 54.8 Å². The number of nitrogens with zero attached hydrogens (tertiary/aromatic N) is 3. The second-order valence-electron chi connectivity index (χ2n) is 7.63. The fraction of sp³-hybridized carbons (Fsp3) is 0.240. The van der Waals surface area contributed by atoms with Crippen molar-refractivity contribution in [3.05, 3.63) is 72.6 Å². The quantitative estimate of drug-likeness (QED) is 0.354. The second kappa shape index (κ2) is 9.87. The first-order valence-electron chi connectivity index (χ1n) is 10.6. The van der Waals surface area contributed by atoms with Crippen LogP contribution in [0.25, 0.3) is 16.8 Å². The van der Waals surface area contributed by atoms with Crippen molar-refractivity contribution < 1.29 is 9.53 Å². The minimum Gasteiger partial charge on any atom is -0.494 e. The summed E-state index contributed by atoms with van der Waals surface area (Å²) in [5.41, 5.74) is 4.70. The summed E-state index contributed by atoms with van der Waals surface area (Å²) in [6.45, 7) is 6.83. The number of amides is 1. The lowest BCUT2D eigenvalue weighted by Crippen LogP contribution is -2.15. The fourth-order valence-corrected chi connectivity index (χ4v) is 4.25. The summed E-state index contributed by atoms with van der Waals surface area (Å²) in [5.74, 6) is 1.38. The van der Waals surface area contributed by atoms with E-state index in [2.05, 4.69) is 29.2 Å². The second-order valence-corrected chi connectivity index (χ2v) is 8.59. The van der Waals surface area contributed by atoms with Crippen LogP contribution in [0.5, 0.6) is 5.75 Å². The number of fused-ring (bicyclic) bond motifs is 1. The van der Waals surface area contributed by atoms with Crippen LogP contribution in [0.1, 0.15) is 32.3 Å². The van der Waals surface area contributed by atoms with Gasteiger partial charge >= 0.3 is 0 Å². The molecule has 2 aromatic carbocycles. The Hall–Kier alpha value is -3.32. The molecule has 1 N–H and O–H groups in total. The molecule has 1 amide bonds. The van der Waals surface area contributed by atoms with Crippen LogP contribution in [0.4, 0.5) is 5.69 Å². The predicted molar refractivity (Wildman–Crippen MR) is 129 cm³/mol. The van der Waals surface area contributed by atoms with Crippen LogP contribution in [0.15, 0.2) is 72.0 Å². The summed E-state index contributed by atoms with van der Waals surface area (Å²) < 4.78 is 7.31. The lowest BCUT2D eigenvalue weighted by molar-refractivity contribution is -0.113. The molecule has 0 fully saturated rings. The highest BCUT2D eigenvalue weighted by Gasteiger charge is 2.13. The lowest BCUT2D eigenvalue weighted by Gasteiger charge is -2.13. The van der Waals surface area contributed by atoms with E-state index in [9.17, 15) is 4.79 Å². The Kier molecular flexibility index (Phi) is 6.75. The number of hydrogen-bond acceptors (Lipinski definition) is 5. The summed E-state index contributed by atoms with van der Waals surface area (Å²) in [7, 11) is 0. The number of anilines is 1. The summed E-state index contributed by atoms with van der Waals surface area (Å²) in [4.78, 5) is 17.1. The smallest absolute Gasteiger partial charge is 0.234 e. The van der Waals surface area contributed by atoms with Gasteiger partial charge in [0.25, 0.3) is 0 Å². The molecule has 0 aliphatic carbocycles. The Morgan fingerprint density at radius 1 is 1.16 bits per heavy atom. The number of aromatic nitrogens is 3. The van der Waals surface area contributed by atoms with Crippen molar-refractivity contribution in [1.82, 2.24) is 14.6 Å². The topological polar surface area (TPSA) is 68.5 Å². The van der Waals surface area contributed by atoms with Gasteiger partial charge in [0.05, 0.1) is 23.6 Å². The third-order valence-electron chi connectivity index (χ3n) is 5.01. The molecule has 164 valence electrons. The average molecular weight is 447 g/mol. The maximum Gasteiger partial charge on any atom is 0.234 e. The van der Waals surface area contributed by atoms with Gasteiger partial charge in [-0.15, -0.1) is 0 Å². The van der Waals surface area contributed by atoms with E-state index in [1.54, 1.807) is 10.7 Å². The van der Waals surface area contributed by atoms with Gasteiger partial charge in [-0.2, -0.15) is 5.10 Å². The number of thioether (sulfide) groups is 1. The van der Waals surface area contributed by atoms with Crippen molar-refractivity contribution in [3.63, 3.8) is 0 Å². The van der Waals surface area contributed by atoms with E-state index >= 15 is 0 Å². The zero-order chi connectivity index (χ0) is 22.5. The molecule has 0 unspecified atom stereocenters. The molecule has 0 atom stereocenters. The van der Waals surface area contributed by atoms with Crippen LogP contribution in [-0.4, -0.2) is 32.9 Å². The number of carbonyl (C=O) groups excluding carboxylic acids is 1. The van der Waals surface area contributed by atoms with Gasteiger partial charge in [0.2, 0.25) is 5.91 Å². The van der Waals surface area contributed by atoms with Crippen LogP contribution in [0, 0.1) is 0 Å². The van der Waals surface area contributed by atoms with Crippen LogP contribution < -0.4 is 10.1 Å². The lowest BCUT2D eigenvalue weighted by atomic mass is 10.0. The minimum atomic E-state index is -0.0573. The average Bonchev–Trinajstić information content (AvgIpc) is 3.23. The van der Waals surface area contributed by atoms with Crippen molar-refractivity contribution in [2.75, 3.05) is 17.7 Å². The molecule has 32 heavy (non-hydrogen) atoms. The highest BCUT2D eigenvalue weighted by atomic mass is 32.2. The summed E-state index contributed by atoms with van der Waals surface area (Å²) >= 11 is 1.41. The number of hydrogen-bond donors (Lipinski definition) is 1. The number of ether oxygens (including phenoxy) is 1. The van der Waals surface area contributed by atoms with Gasteiger partial charge in [0, 0.05) is 23.6 Å². The maximum atomic E-state index is 12.6. The van der Waals surface area contributed by atoms with Gasteiger partial charge in [0.1, 0.15) is 10.8 Å². The number of benzene rings is 2. The monoisotopic (exact) mass is 446 g/mol. The zero-order valence-electron chi connectivity index (χ0n) is 18.4. The third kappa shape index (κ3) is 4.94. The van der Waals surface area contributed by atoms with Gasteiger partial charge in [-0.1, -0.05) is 43.8 Å². The molecule has 0 radical (unpaired) electrons. The molecule has 0 saturated heterocycles. The molecular weight excluding hydrogens is 420 g/mol. The van der Waals surface area contributed by atoms with Crippen LogP contribution >= 0.6 is 11.8 Å². The fourth-order valence-electron chi connectivity index (χ4n) is 3.47. The Balaban J connectivity index is 1.48.